The van der Waals surface area contributed by atoms with Crippen LogP contribution in [-0.2, 0) is 9.84 Å². The molecule has 0 bridgehead atoms. The summed E-state index contributed by atoms with van der Waals surface area (Å²) in [6.07, 6.45) is 0.943. The van der Waals surface area contributed by atoms with Gasteiger partial charge in [-0.3, -0.25) is 4.79 Å². The second kappa shape index (κ2) is 9.32. The molecule has 8 nitrogen and oxygen atoms in total. The summed E-state index contributed by atoms with van der Waals surface area (Å²) in [6.45, 7) is 4.79. The van der Waals surface area contributed by atoms with Crippen molar-refractivity contribution in [3.8, 4) is 28.6 Å². The quantitative estimate of drug-likeness (QED) is 0.548. The minimum atomic E-state index is -3.38. The predicted molar refractivity (Wildman–Crippen MR) is 116 cm³/mol. The lowest BCUT2D eigenvalue weighted by Gasteiger charge is -2.15. The van der Waals surface area contributed by atoms with Gasteiger partial charge in [0, 0.05) is 23.9 Å². The first-order valence-corrected chi connectivity index (χ1v) is 11.2. The van der Waals surface area contributed by atoms with Crippen LogP contribution in [-0.4, -0.2) is 41.5 Å². The van der Waals surface area contributed by atoms with E-state index in [2.05, 4.69) is 9.97 Å². The fourth-order valence-corrected chi connectivity index (χ4v) is 3.79. The van der Waals surface area contributed by atoms with Gasteiger partial charge in [0.1, 0.15) is 29.2 Å². The minimum absolute atomic E-state index is 0.174. The summed E-state index contributed by atoms with van der Waals surface area (Å²) in [6, 6.07) is 12.4. The number of aromatic amines is 1. The van der Waals surface area contributed by atoms with Crippen molar-refractivity contribution >= 4 is 9.84 Å². The largest absolute Gasteiger partial charge is 0.488 e. The van der Waals surface area contributed by atoms with Crippen LogP contribution in [0.2, 0.25) is 0 Å². The van der Waals surface area contributed by atoms with E-state index < -0.39 is 21.2 Å². The first-order chi connectivity index (χ1) is 14.7. The van der Waals surface area contributed by atoms with Crippen molar-refractivity contribution in [2.45, 2.75) is 37.0 Å². The van der Waals surface area contributed by atoms with E-state index in [0.29, 0.717) is 28.6 Å². The summed E-state index contributed by atoms with van der Waals surface area (Å²) in [4.78, 5) is 18.7. The molecule has 1 aromatic heterocycles. The molecule has 0 aliphatic rings. The molecule has 3 rings (SSSR count). The van der Waals surface area contributed by atoms with Gasteiger partial charge >= 0.3 is 0 Å². The SMILES string of the molecule is CC(C)S(=O)(=O)c1ccc(Oc2cc(O[C@@H](C)CO)cc(-c3nccc(=O)[nH]3)c2)cc1. The van der Waals surface area contributed by atoms with Gasteiger partial charge in [-0.2, -0.15) is 0 Å². The number of aliphatic hydroxyl groups is 1. The highest BCUT2D eigenvalue weighted by Gasteiger charge is 2.19. The molecule has 0 fully saturated rings. The Balaban J connectivity index is 1.95. The molecule has 2 aromatic carbocycles. The number of ether oxygens (including phenoxy) is 2. The summed E-state index contributed by atoms with van der Waals surface area (Å²) in [5, 5.41) is 8.77. The Hall–Kier alpha value is -3.17. The zero-order chi connectivity index (χ0) is 22.6. The second-order valence-corrected chi connectivity index (χ2v) is 9.76. The number of rotatable bonds is 8. The molecular weight excluding hydrogens is 420 g/mol. The molecule has 0 radical (unpaired) electrons. The van der Waals surface area contributed by atoms with Crippen LogP contribution >= 0.6 is 0 Å². The molecule has 1 heterocycles. The fourth-order valence-electron chi connectivity index (χ4n) is 2.73. The summed E-state index contributed by atoms with van der Waals surface area (Å²) >= 11 is 0. The number of nitrogens with one attached hydrogen (secondary N) is 1. The van der Waals surface area contributed by atoms with Crippen molar-refractivity contribution in [3.63, 3.8) is 0 Å². The highest BCUT2D eigenvalue weighted by Crippen LogP contribution is 2.32. The molecule has 0 spiro atoms. The smallest absolute Gasteiger partial charge is 0.251 e. The van der Waals surface area contributed by atoms with Gasteiger partial charge in [0.25, 0.3) is 5.56 Å². The van der Waals surface area contributed by atoms with Crippen LogP contribution in [0.4, 0.5) is 0 Å². The Morgan fingerprint density at radius 1 is 1.00 bits per heavy atom. The Kier molecular flexibility index (Phi) is 6.77. The number of benzene rings is 2. The molecule has 0 aliphatic heterocycles. The normalized spacial score (nSPS) is 12.5. The van der Waals surface area contributed by atoms with E-state index in [1.165, 1.54) is 24.4 Å². The van der Waals surface area contributed by atoms with Crippen LogP contribution < -0.4 is 15.0 Å². The number of aromatic nitrogens is 2. The number of H-pyrrole nitrogens is 1. The Labute approximate surface area is 180 Å². The maximum absolute atomic E-state index is 12.3. The van der Waals surface area contributed by atoms with Crippen LogP contribution in [0.5, 0.6) is 17.2 Å². The zero-order valence-corrected chi connectivity index (χ0v) is 18.2. The van der Waals surface area contributed by atoms with Crippen LogP contribution in [0.3, 0.4) is 0 Å². The number of sulfone groups is 1. The summed E-state index contributed by atoms with van der Waals surface area (Å²) in [5.74, 6) is 1.57. The van der Waals surface area contributed by atoms with Crippen LogP contribution in [0.1, 0.15) is 20.8 Å². The molecular formula is C22H24N2O6S. The maximum atomic E-state index is 12.3. The molecule has 0 aliphatic carbocycles. The standard InChI is InChI=1S/C22H24N2O6S/c1-14(2)31(27,28)20-6-4-17(5-7-20)30-19-11-16(22-23-9-8-21(26)24-22)10-18(12-19)29-15(3)13-25/h4-12,14-15,25H,13H2,1-3H3,(H,23,24,26)/t15-/m0/s1. The molecule has 0 saturated heterocycles. The van der Waals surface area contributed by atoms with E-state index in [1.54, 1.807) is 51.1 Å². The molecule has 1 atom stereocenters. The number of nitrogens with zero attached hydrogens (tertiary/aromatic N) is 1. The van der Waals surface area contributed by atoms with Gasteiger partial charge < -0.3 is 19.6 Å². The Morgan fingerprint density at radius 2 is 1.68 bits per heavy atom. The Bertz CT molecular complexity index is 1200. The van der Waals surface area contributed by atoms with Gasteiger partial charge in [0.2, 0.25) is 0 Å². The van der Waals surface area contributed by atoms with E-state index >= 15 is 0 Å². The summed E-state index contributed by atoms with van der Waals surface area (Å²) < 4.78 is 36.2. The molecule has 164 valence electrons. The van der Waals surface area contributed by atoms with Crippen molar-refractivity contribution in [1.82, 2.24) is 9.97 Å². The van der Waals surface area contributed by atoms with Crippen LogP contribution in [0.15, 0.2) is 64.4 Å². The third-order valence-corrected chi connectivity index (χ3v) is 6.60. The van der Waals surface area contributed by atoms with Gasteiger partial charge in [-0.15, -0.1) is 0 Å². The van der Waals surface area contributed by atoms with Crippen LogP contribution in [0, 0.1) is 0 Å². The van der Waals surface area contributed by atoms with E-state index in [0.717, 1.165) is 0 Å². The third kappa shape index (κ3) is 5.50. The van der Waals surface area contributed by atoms with Crippen molar-refractivity contribution < 1.29 is 23.0 Å². The summed E-state index contributed by atoms with van der Waals surface area (Å²) in [7, 11) is -3.38. The second-order valence-electron chi connectivity index (χ2n) is 7.25. The number of aliphatic hydroxyl groups excluding tert-OH is 1. The lowest BCUT2D eigenvalue weighted by molar-refractivity contribution is 0.129. The average Bonchev–Trinajstić information content (AvgIpc) is 2.73. The molecule has 9 heteroatoms. The maximum Gasteiger partial charge on any atom is 0.251 e. The fraction of sp³-hybridized carbons (Fsp3) is 0.273. The first kappa shape index (κ1) is 22.5. The molecule has 31 heavy (non-hydrogen) atoms. The summed E-state index contributed by atoms with van der Waals surface area (Å²) in [5.41, 5.74) is 0.249. The number of hydrogen-bond acceptors (Lipinski definition) is 7. The monoisotopic (exact) mass is 444 g/mol. The predicted octanol–water partition coefficient (Wildman–Crippen LogP) is 3.17. The van der Waals surface area contributed by atoms with Gasteiger partial charge in [-0.25, -0.2) is 13.4 Å². The van der Waals surface area contributed by atoms with Gasteiger partial charge in [-0.05, 0) is 57.2 Å². The number of hydrogen-bond donors (Lipinski definition) is 2. The lowest BCUT2D eigenvalue weighted by atomic mass is 10.2. The van der Waals surface area contributed by atoms with Crippen LogP contribution in [0.25, 0.3) is 11.4 Å². The van der Waals surface area contributed by atoms with Crippen molar-refractivity contribution in [2.75, 3.05) is 6.61 Å². The van der Waals surface area contributed by atoms with E-state index in [9.17, 15) is 18.3 Å². The molecule has 0 amide bonds. The molecule has 0 saturated carbocycles. The van der Waals surface area contributed by atoms with Crippen molar-refractivity contribution in [1.29, 1.82) is 0 Å². The average molecular weight is 445 g/mol. The third-order valence-electron chi connectivity index (χ3n) is 4.43. The van der Waals surface area contributed by atoms with E-state index in [4.69, 9.17) is 9.47 Å². The van der Waals surface area contributed by atoms with Gasteiger partial charge in [-0.1, -0.05) is 0 Å². The van der Waals surface area contributed by atoms with Gasteiger partial charge in [0.15, 0.2) is 9.84 Å². The first-order valence-electron chi connectivity index (χ1n) is 9.69. The zero-order valence-electron chi connectivity index (χ0n) is 17.4. The molecule has 0 unspecified atom stereocenters. The van der Waals surface area contributed by atoms with Gasteiger partial charge in [0.05, 0.1) is 16.8 Å². The van der Waals surface area contributed by atoms with E-state index in [-0.39, 0.29) is 17.1 Å². The Morgan fingerprint density at radius 3 is 2.29 bits per heavy atom. The molecule has 3 aromatic rings. The van der Waals surface area contributed by atoms with E-state index in [1.807, 2.05) is 0 Å². The lowest BCUT2D eigenvalue weighted by Crippen LogP contribution is -2.16. The molecule has 2 N–H and O–H groups in total. The minimum Gasteiger partial charge on any atom is -0.488 e. The highest BCUT2D eigenvalue weighted by atomic mass is 32.2. The topological polar surface area (TPSA) is 119 Å². The van der Waals surface area contributed by atoms with Crippen molar-refractivity contribution in [3.05, 3.63) is 65.1 Å². The van der Waals surface area contributed by atoms with Crippen molar-refractivity contribution in [2.24, 2.45) is 0 Å². The highest BCUT2D eigenvalue weighted by molar-refractivity contribution is 7.92.